The van der Waals surface area contributed by atoms with Crippen molar-refractivity contribution in [2.75, 3.05) is 5.75 Å². The number of hydrogen-bond donors (Lipinski definition) is 1. The summed E-state index contributed by atoms with van der Waals surface area (Å²) >= 11 is 1.48. The van der Waals surface area contributed by atoms with E-state index < -0.39 is 6.04 Å². The maximum atomic E-state index is 13.2. The lowest BCUT2D eigenvalue weighted by molar-refractivity contribution is -0.139. The van der Waals surface area contributed by atoms with E-state index >= 15 is 0 Å². The Morgan fingerprint density at radius 2 is 1.66 bits per heavy atom. The molecule has 0 bridgehead atoms. The summed E-state index contributed by atoms with van der Waals surface area (Å²) in [5, 5.41) is 3.16. The number of rotatable bonds is 9. The molecular weight excluding hydrogens is 423 g/mol. The van der Waals surface area contributed by atoms with Gasteiger partial charge in [-0.15, -0.1) is 11.8 Å². The number of carbonyl (C=O) groups is 2. The van der Waals surface area contributed by atoms with Gasteiger partial charge in [0.2, 0.25) is 11.8 Å². The fourth-order valence-corrected chi connectivity index (χ4v) is 4.83. The zero-order valence-electron chi connectivity index (χ0n) is 19.0. The van der Waals surface area contributed by atoms with Gasteiger partial charge in [0.05, 0.1) is 5.75 Å². The number of aryl methyl sites for hydroxylation is 1. The quantitative estimate of drug-likeness (QED) is 0.562. The largest absolute Gasteiger partial charge is 0.352 e. The molecule has 2 amide bonds. The van der Waals surface area contributed by atoms with E-state index in [9.17, 15) is 14.0 Å². The fourth-order valence-electron chi connectivity index (χ4n) is 3.96. The van der Waals surface area contributed by atoms with Gasteiger partial charge in [0.25, 0.3) is 0 Å². The third-order valence-electron chi connectivity index (χ3n) is 6.00. The number of nitrogens with zero attached hydrogens (tertiary/aromatic N) is 1. The minimum atomic E-state index is -0.544. The monoisotopic (exact) mass is 456 g/mol. The Morgan fingerprint density at radius 3 is 2.31 bits per heavy atom. The minimum absolute atomic E-state index is 0.0658. The van der Waals surface area contributed by atoms with Crippen molar-refractivity contribution >= 4 is 23.6 Å². The van der Waals surface area contributed by atoms with Gasteiger partial charge in [0.15, 0.2) is 0 Å². The number of nitrogens with one attached hydrogen (secondary N) is 1. The average Bonchev–Trinajstić information content (AvgIpc) is 2.80. The normalized spacial score (nSPS) is 15.2. The van der Waals surface area contributed by atoms with Crippen LogP contribution in [-0.4, -0.2) is 34.6 Å². The average molecular weight is 457 g/mol. The number of amides is 2. The topological polar surface area (TPSA) is 49.4 Å². The molecule has 0 saturated heterocycles. The van der Waals surface area contributed by atoms with E-state index in [1.165, 1.54) is 30.3 Å². The molecule has 0 unspecified atom stereocenters. The molecule has 32 heavy (non-hydrogen) atoms. The van der Waals surface area contributed by atoms with Crippen molar-refractivity contribution in [3.63, 3.8) is 0 Å². The molecule has 172 valence electrons. The van der Waals surface area contributed by atoms with Gasteiger partial charge in [-0.2, -0.15) is 0 Å². The van der Waals surface area contributed by atoms with E-state index in [2.05, 4.69) is 5.32 Å². The van der Waals surface area contributed by atoms with Gasteiger partial charge in [-0.05, 0) is 49.9 Å². The highest BCUT2D eigenvalue weighted by Gasteiger charge is 2.28. The van der Waals surface area contributed by atoms with Gasteiger partial charge in [-0.3, -0.25) is 9.59 Å². The van der Waals surface area contributed by atoms with E-state index in [4.69, 9.17) is 0 Å². The fraction of sp³-hybridized carbons (Fsp3) is 0.462. The molecule has 1 aliphatic rings. The Bertz CT molecular complexity index is 880. The van der Waals surface area contributed by atoms with E-state index in [-0.39, 0.29) is 29.4 Å². The molecule has 1 fully saturated rings. The molecule has 1 aliphatic carbocycles. The van der Waals surface area contributed by atoms with Crippen LogP contribution in [0.2, 0.25) is 0 Å². The third-order valence-corrected chi connectivity index (χ3v) is 6.99. The number of hydrogen-bond acceptors (Lipinski definition) is 3. The number of carbonyl (C=O) groups excluding carboxylic acids is 2. The molecule has 0 radical (unpaired) electrons. The van der Waals surface area contributed by atoms with E-state index in [0.29, 0.717) is 12.3 Å². The van der Waals surface area contributed by atoms with Crippen LogP contribution in [0.15, 0.2) is 48.5 Å². The predicted molar refractivity (Wildman–Crippen MR) is 129 cm³/mol. The molecule has 0 heterocycles. The Morgan fingerprint density at radius 1 is 1.03 bits per heavy atom. The van der Waals surface area contributed by atoms with Crippen molar-refractivity contribution in [3.05, 3.63) is 71.0 Å². The minimum Gasteiger partial charge on any atom is -0.352 e. The molecule has 1 atom stereocenters. The Balaban J connectivity index is 1.64. The maximum Gasteiger partial charge on any atom is 0.242 e. The summed E-state index contributed by atoms with van der Waals surface area (Å²) in [5.41, 5.74) is 3.13. The summed E-state index contributed by atoms with van der Waals surface area (Å²) in [6, 6.07) is 14.1. The number of halogens is 1. The van der Waals surface area contributed by atoms with Crippen LogP contribution in [0, 0.1) is 12.7 Å². The molecule has 2 aromatic carbocycles. The van der Waals surface area contributed by atoms with E-state index in [1.54, 1.807) is 17.0 Å². The van der Waals surface area contributed by atoms with Gasteiger partial charge >= 0.3 is 0 Å². The zero-order chi connectivity index (χ0) is 22.9. The smallest absolute Gasteiger partial charge is 0.242 e. The molecule has 0 spiro atoms. The summed E-state index contributed by atoms with van der Waals surface area (Å²) < 4.78 is 13.1. The highest BCUT2D eigenvalue weighted by atomic mass is 32.2. The van der Waals surface area contributed by atoms with Crippen molar-refractivity contribution in [2.24, 2.45) is 0 Å². The van der Waals surface area contributed by atoms with Gasteiger partial charge in [-0.25, -0.2) is 4.39 Å². The highest BCUT2D eigenvalue weighted by Crippen LogP contribution is 2.19. The molecular formula is C26H33FN2O2S. The second-order valence-electron chi connectivity index (χ2n) is 8.65. The number of benzene rings is 2. The predicted octanol–water partition coefficient (Wildman–Crippen LogP) is 5.23. The first-order valence-electron chi connectivity index (χ1n) is 11.4. The standard InChI is InChI=1S/C26H33FN2O2S/c1-19-8-10-21(11-9-19)16-29(20(2)26(31)28-24-6-4-3-5-7-24)25(30)18-32-17-22-12-14-23(27)15-13-22/h8-15,20,24H,3-7,16-18H2,1-2H3,(H,28,31)/t20-/m0/s1. The van der Waals surface area contributed by atoms with Crippen LogP contribution in [0.25, 0.3) is 0 Å². The molecule has 2 aromatic rings. The van der Waals surface area contributed by atoms with Crippen molar-refractivity contribution in [1.29, 1.82) is 0 Å². The van der Waals surface area contributed by atoms with Crippen LogP contribution in [0.3, 0.4) is 0 Å². The van der Waals surface area contributed by atoms with E-state index in [1.807, 2.05) is 38.1 Å². The lowest BCUT2D eigenvalue weighted by Gasteiger charge is -2.31. The first-order chi connectivity index (χ1) is 15.4. The Hall–Kier alpha value is -2.34. The third kappa shape index (κ3) is 7.37. The molecule has 4 nitrogen and oxygen atoms in total. The van der Waals surface area contributed by atoms with Crippen molar-refractivity contribution in [1.82, 2.24) is 10.2 Å². The van der Waals surface area contributed by atoms with Crippen LogP contribution in [-0.2, 0) is 21.9 Å². The van der Waals surface area contributed by atoms with Gasteiger partial charge in [0, 0.05) is 18.3 Å². The summed E-state index contributed by atoms with van der Waals surface area (Å²) in [7, 11) is 0. The van der Waals surface area contributed by atoms with Gasteiger partial charge in [0.1, 0.15) is 11.9 Å². The van der Waals surface area contributed by atoms with Gasteiger partial charge in [-0.1, -0.05) is 61.2 Å². The maximum absolute atomic E-state index is 13.2. The molecule has 1 saturated carbocycles. The van der Waals surface area contributed by atoms with Crippen LogP contribution in [0.4, 0.5) is 4.39 Å². The van der Waals surface area contributed by atoms with Crippen molar-refractivity contribution < 1.29 is 14.0 Å². The molecule has 1 N–H and O–H groups in total. The second kappa shape index (κ2) is 12.0. The Kier molecular flexibility index (Phi) is 9.15. The summed E-state index contributed by atoms with van der Waals surface area (Å²) in [6.07, 6.45) is 5.54. The van der Waals surface area contributed by atoms with Crippen LogP contribution in [0.5, 0.6) is 0 Å². The number of thioether (sulfide) groups is 1. The van der Waals surface area contributed by atoms with Crippen molar-refractivity contribution in [3.8, 4) is 0 Å². The lowest BCUT2D eigenvalue weighted by atomic mass is 9.95. The highest BCUT2D eigenvalue weighted by molar-refractivity contribution is 7.99. The zero-order valence-corrected chi connectivity index (χ0v) is 19.8. The van der Waals surface area contributed by atoms with Crippen LogP contribution in [0.1, 0.15) is 55.7 Å². The SMILES string of the molecule is Cc1ccc(CN(C(=O)CSCc2ccc(F)cc2)[C@@H](C)C(=O)NC2CCCCC2)cc1. The molecule has 6 heteroatoms. The first kappa shape index (κ1) is 24.3. The molecule has 3 rings (SSSR count). The lowest BCUT2D eigenvalue weighted by Crippen LogP contribution is -2.50. The molecule has 0 aromatic heterocycles. The summed E-state index contributed by atoms with van der Waals surface area (Å²) in [5.74, 6) is 0.471. The van der Waals surface area contributed by atoms with Gasteiger partial charge < -0.3 is 10.2 Å². The van der Waals surface area contributed by atoms with Crippen LogP contribution >= 0.6 is 11.8 Å². The van der Waals surface area contributed by atoms with E-state index in [0.717, 1.165) is 42.4 Å². The summed E-state index contributed by atoms with van der Waals surface area (Å²) in [4.78, 5) is 27.8. The summed E-state index contributed by atoms with van der Waals surface area (Å²) in [6.45, 7) is 4.24. The molecule has 0 aliphatic heterocycles. The van der Waals surface area contributed by atoms with Crippen LogP contribution < -0.4 is 5.32 Å². The second-order valence-corrected chi connectivity index (χ2v) is 9.63. The first-order valence-corrected chi connectivity index (χ1v) is 12.6. The van der Waals surface area contributed by atoms with Crippen molar-refractivity contribution in [2.45, 2.75) is 70.3 Å². The Labute approximate surface area is 195 Å².